The number of rotatable bonds is 7. The molecule has 0 radical (unpaired) electrons. The summed E-state index contributed by atoms with van der Waals surface area (Å²) < 4.78 is 3.04. The molecule has 9 heteroatoms. The molecule has 5 rings (SSSR count). The van der Waals surface area contributed by atoms with Crippen LogP contribution in [0.25, 0.3) is 22.1 Å². The Labute approximate surface area is 218 Å². The molecular weight excluding hydrogens is 480 g/mol. The van der Waals surface area contributed by atoms with Crippen LogP contribution in [0.4, 0.5) is 5.82 Å². The molecule has 1 atom stereocenters. The molecule has 3 N–H and O–H groups in total. The third-order valence-electron chi connectivity index (χ3n) is 6.63. The minimum atomic E-state index is -0.584. The zero-order valence-electron chi connectivity index (χ0n) is 21.4. The number of fused-ring (bicyclic) bond motifs is 2. The minimum absolute atomic E-state index is 0.0619. The third kappa shape index (κ3) is 4.43. The summed E-state index contributed by atoms with van der Waals surface area (Å²) in [5, 5.41) is 8.33. The fourth-order valence-corrected chi connectivity index (χ4v) is 4.62. The number of carbonyl (C=O) groups is 2. The fourth-order valence-electron chi connectivity index (χ4n) is 4.62. The van der Waals surface area contributed by atoms with Gasteiger partial charge in [0.1, 0.15) is 11.3 Å². The van der Waals surface area contributed by atoms with Crippen LogP contribution in [0, 0.1) is 5.92 Å². The summed E-state index contributed by atoms with van der Waals surface area (Å²) >= 11 is 0. The number of pyridine rings is 1. The predicted molar refractivity (Wildman–Crippen MR) is 146 cm³/mol. The Hall–Kier alpha value is -4.79. The first-order valence-corrected chi connectivity index (χ1v) is 12.4. The van der Waals surface area contributed by atoms with Crippen molar-refractivity contribution in [3.63, 3.8) is 0 Å². The van der Waals surface area contributed by atoms with Gasteiger partial charge >= 0.3 is 0 Å². The van der Waals surface area contributed by atoms with E-state index in [1.54, 1.807) is 30.0 Å². The summed E-state index contributed by atoms with van der Waals surface area (Å²) in [5.41, 5.74) is 8.22. The highest BCUT2D eigenvalue weighted by Gasteiger charge is 2.24. The van der Waals surface area contributed by atoms with Crippen molar-refractivity contribution in [1.29, 1.82) is 0 Å². The van der Waals surface area contributed by atoms with Crippen molar-refractivity contribution in [2.45, 2.75) is 33.2 Å². The summed E-state index contributed by atoms with van der Waals surface area (Å²) in [7, 11) is 0. The van der Waals surface area contributed by atoms with Gasteiger partial charge in [-0.15, -0.1) is 5.10 Å². The van der Waals surface area contributed by atoms with Gasteiger partial charge in [0.05, 0.1) is 11.4 Å². The number of para-hydroxylation sites is 1. The molecule has 192 valence electrons. The van der Waals surface area contributed by atoms with Crippen LogP contribution < -0.4 is 16.6 Å². The molecule has 0 fully saturated rings. The van der Waals surface area contributed by atoms with Crippen molar-refractivity contribution in [2.75, 3.05) is 5.73 Å². The van der Waals surface area contributed by atoms with Gasteiger partial charge in [0.2, 0.25) is 0 Å². The average molecular weight is 509 g/mol. The number of nitrogens with two attached hydrogens (primary N) is 1. The lowest BCUT2D eigenvalue weighted by Gasteiger charge is -2.21. The Morgan fingerprint density at radius 3 is 2.53 bits per heavy atom. The zero-order chi connectivity index (χ0) is 27.0. The second kappa shape index (κ2) is 9.93. The average Bonchev–Trinajstić information content (AvgIpc) is 3.24. The number of hydrogen-bond acceptors (Lipinski definition) is 6. The van der Waals surface area contributed by atoms with Crippen molar-refractivity contribution in [1.82, 2.24) is 24.5 Å². The molecular formula is C29H28N6O3. The lowest BCUT2D eigenvalue weighted by molar-refractivity contribution is -0.121. The van der Waals surface area contributed by atoms with E-state index in [1.165, 1.54) is 4.52 Å². The lowest BCUT2D eigenvalue weighted by Crippen LogP contribution is -2.32. The van der Waals surface area contributed by atoms with Gasteiger partial charge in [-0.25, -0.2) is 9.50 Å². The molecule has 0 aliphatic rings. The van der Waals surface area contributed by atoms with Crippen molar-refractivity contribution < 1.29 is 9.59 Å². The fraction of sp³-hybridized carbons (Fsp3) is 0.207. The van der Waals surface area contributed by atoms with Crippen molar-refractivity contribution in [2.24, 2.45) is 5.92 Å². The zero-order valence-corrected chi connectivity index (χ0v) is 21.4. The number of aromatic nitrogens is 4. The second-order valence-corrected chi connectivity index (χ2v) is 9.57. The molecule has 0 spiro atoms. The van der Waals surface area contributed by atoms with Crippen LogP contribution in [-0.2, 0) is 11.2 Å². The van der Waals surface area contributed by atoms with Crippen molar-refractivity contribution in [3.05, 3.63) is 100 Å². The molecule has 0 saturated heterocycles. The molecule has 0 saturated carbocycles. The van der Waals surface area contributed by atoms with Crippen LogP contribution in [0.5, 0.6) is 0 Å². The molecule has 2 aromatic carbocycles. The highest BCUT2D eigenvalue weighted by molar-refractivity contribution is 6.04. The molecule has 1 unspecified atom stereocenters. The van der Waals surface area contributed by atoms with Crippen molar-refractivity contribution in [3.8, 4) is 5.69 Å². The normalized spacial score (nSPS) is 12.2. The Kier molecular flexibility index (Phi) is 6.50. The number of carbonyl (C=O) groups excluding carboxylic acids is 2. The Balaban J connectivity index is 1.63. The smallest absolute Gasteiger partial charge is 0.263 e. The Morgan fingerprint density at radius 1 is 1.03 bits per heavy atom. The van der Waals surface area contributed by atoms with Crippen molar-refractivity contribution >= 4 is 33.9 Å². The standard InChI is InChI=1S/C29H28N6O3/c1-17(2)23(36)16-20-10-7-9-19-15-22(35(29(38)24(19)20)21-11-5-4-6-12-21)18(3)32-28(37)25-26(30)33-34-14-8-13-31-27(25)34/h4-15,17-18H,16H2,1-3H3,(H2,30,33)(H,32,37). The highest BCUT2D eigenvalue weighted by atomic mass is 16.2. The van der Waals surface area contributed by atoms with Crippen LogP contribution in [-0.4, -0.2) is 30.9 Å². The summed E-state index contributed by atoms with van der Waals surface area (Å²) in [4.78, 5) is 44.2. The van der Waals surface area contributed by atoms with Gasteiger partial charge in [0, 0.05) is 36.1 Å². The minimum Gasteiger partial charge on any atom is -0.381 e. The monoisotopic (exact) mass is 508 g/mol. The Bertz CT molecular complexity index is 1740. The van der Waals surface area contributed by atoms with Gasteiger partial charge in [0.15, 0.2) is 11.5 Å². The number of benzene rings is 2. The number of nitrogens with zero attached hydrogens (tertiary/aromatic N) is 4. The molecule has 0 aliphatic heterocycles. The maximum Gasteiger partial charge on any atom is 0.263 e. The van der Waals surface area contributed by atoms with E-state index < -0.39 is 11.9 Å². The third-order valence-corrected chi connectivity index (χ3v) is 6.63. The number of nitrogens with one attached hydrogen (secondary N) is 1. The van der Waals surface area contributed by atoms with Gasteiger partial charge in [-0.3, -0.25) is 19.0 Å². The van der Waals surface area contributed by atoms with E-state index >= 15 is 0 Å². The van der Waals surface area contributed by atoms with E-state index in [4.69, 9.17) is 5.73 Å². The van der Waals surface area contributed by atoms with Crippen LogP contribution in [0.3, 0.4) is 0 Å². The van der Waals surface area contributed by atoms with E-state index in [1.807, 2.05) is 68.4 Å². The van der Waals surface area contributed by atoms with E-state index in [9.17, 15) is 14.4 Å². The number of nitrogen functional groups attached to an aromatic ring is 1. The predicted octanol–water partition coefficient (Wildman–Crippen LogP) is 3.87. The van der Waals surface area contributed by atoms with Gasteiger partial charge in [-0.1, -0.05) is 50.2 Å². The van der Waals surface area contributed by atoms with Gasteiger partial charge in [-0.05, 0) is 42.1 Å². The molecule has 0 bridgehead atoms. The number of anilines is 1. The van der Waals surface area contributed by atoms with Crippen LogP contribution in [0.2, 0.25) is 0 Å². The number of Topliss-reactive ketones (excluding diaryl/α,β-unsaturated/α-hetero) is 1. The van der Waals surface area contributed by atoms with Gasteiger partial charge < -0.3 is 11.1 Å². The number of hydrogen-bond donors (Lipinski definition) is 2. The van der Waals surface area contributed by atoms with Gasteiger partial charge in [0.25, 0.3) is 11.5 Å². The molecule has 1 amide bonds. The second-order valence-electron chi connectivity index (χ2n) is 9.57. The van der Waals surface area contributed by atoms with Crippen LogP contribution in [0.15, 0.2) is 77.9 Å². The van der Waals surface area contributed by atoms with E-state index in [-0.39, 0.29) is 35.1 Å². The lowest BCUT2D eigenvalue weighted by atomic mass is 9.96. The quantitative estimate of drug-likeness (QED) is 0.344. The first-order valence-electron chi connectivity index (χ1n) is 12.4. The maximum atomic E-state index is 14.1. The van der Waals surface area contributed by atoms with E-state index in [0.717, 1.165) is 0 Å². The molecule has 38 heavy (non-hydrogen) atoms. The van der Waals surface area contributed by atoms with Gasteiger partial charge in [-0.2, -0.15) is 0 Å². The Morgan fingerprint density at radius 2 is 1.79 bits per heavy atom. The summed E-state index contributed by atoms with van der Waals surface area (Å²) in [6, 6.07) is 17.7. The highest BCUT2D eigenvalue weighted by Crippen LogP contribution is 2.25. The molecule has 5 aromatic rings. The molecule has 3 heterocycles. The SMILES string of the molecule is CC(C)C(=O)Cc1cccc2cc(C(C)NC(=O)c3c(N)nn4cccnc34)n(-c3ccccc3)c(=O)c12. The number of ketones is 1. The first kappa shape index (κ1) is 24.9. The first-order chi connectivity index (χ1) is 18.3. The topological polar surface area (TPSA) is 124 Å². The maximum absolute atomic E-state index is 14.1. The van der Waals surface area contributed by atoms with E-state index in [0.29, 0.717) is 33.4 Å². The molecule has 0 aliphatic carbocycles. The van der Waals surface area contributed by atoms with Crippen LogP contribution >= 0.6 is 0 Å². The summed E-state index contributed by atoms with van der Waals surface area (Å²) in [6.07, 6.45) is 3.40. The number of amides is 1. The van der Waals surface area contributed by atoms with E-state index in [2.05, 4.69) is 15.4 Å². The largest absolute Gasteiger partial charge is 0.381 e. The molecule has 3 aromatic heterocycles. The molecule has 9 nitrogen and oxygen atoms in total. The summed E-state index contributed by atoms with van der Waals surface area (Å²) in [6.45, 7) is 5.51. The summed E-state index contributed by atoms with van der Waals surface area (Å²) in [5.74, 6) is -0.468. The van der Waals surface area contributed by atoms with Crippen LogP contribution in [0.1, 0.15) is 48.4 Å².